The van der Waals surface area contributed by atoms with E-state index in [1.165, 1.54) is 13.3 Å². The Morgan fingerprint density at radius 2 is 1.95 bits per heavy atom. The number of phenolic OH excluding ortho intramolecular Hbond substituents is 1. The van der Waals surface area contributed by atoms with E-state index in [9.17, 15) is 14.7 Å². The van der Waals surface area contributed by atoms with Gasteiger partial charge in [0.15, 0.2) is 11.5 Å². The van der Waals surface area contributed by atoms with Gasteiger partial charge in [0.2, 0.25) is 0 Å². The first kappa shape index (κ1) is 14.7. The van der Waals surface area contributed by atoms with E-state index in [0.717, 1.165) is 5.56 Å². The van der Waals surface area contributed by atoms with Gasteiger partial charge in [0.05, 0.1) is 7.11 Å². The molecule has 0 amide bonds. The van der Waals surface area contributed by atoms with Crippen LogP contribution >= 0.6 is 0 Å². The van der Waals surface area contributed by atoms with Crippen LogP contribution in [0.25, 0.3) is 0 Å². The zero-order valence-electron chi connectivity index (χ0n) is 12.0. The number of hydrogen-bond acceptors (Lipinski definition) is 5. The molecular formula is C14H17N3O4. The van der Waals surface area contributed by atoms with E-state index in [-0.39, 0.29) is 17.4 Å². The summed E-state index contributed by atoms with van der Waals surface area (Å²) in [6.45, 7) is 3.92. The van der Waals surface area contributed by atoms with Crippen LogP contribution in [0.3, 0.4) is 0 Å². The van der Waals surface area contributed by atoms with Crippen molar-refractivity contribution in [2.45, 2.75) is 19.8 Å². The van der Waals surface area contributed by atoms with Gasteiger partial charge in [0.1, 0.15) is 5.69 Å². The maximum absolute atomic E-state index is 11.7. The van der Waals surface area contributed by atoms with Crippen LogP contribution in [-0.2, 0) is 0 Å². The van der Waals surface area contributed by atoms with Gasteiger partial charge in [0.25, 0.3) is 5.56 Å². The molecule has 1 aromatic heterocycles. The van der Waals surface area contributed by atoms with E-state index in [0.29, 0.717) is 11.4 Å². The normalized spacial score (nSPS) is 10.7. The van der Waals surface area contributed by atoms with E-state index < -0.39 is 11.2 Å². The lowest BCUT2D eigenvalue weighted by molar-refractivity contribution is 0.373. The van der Waals surface area contributed by atoms with Crippen LogP contribution in [-0.4, -0.2) is 22.2 Å². The molecule has 1 heterocycles. The number of H-pyrrole nitrogens is 2. The van der Waals surface area contributed by atoms with Crippen molar-refractivity contribution in [1.29, 1.82) is 0 Å². The smallest absolute Gasteiger partial charge is 0.325 e. The van der Waals surface area contributed by atoms with Crippen molar-refractivity contribution in [2.75, 3.05) is 12.4 Å². The second kappa shape index (κ2) is 5.74. The van der Waals surface area contributed by atoms with E-state index >= 15 is 0 Å². The predicted molar refractivity (Wildman–Crippen MR) is 79.7 cm³/mol. The molecule has 0 spiro atoms. The maximum atomic E-state index is 11.7. The molecule has 0 aliphatic carbocycles. The van der Waals surface area contributed by atoms with E-state index in [1.54, 1.807) is 12.1 Å². The first-order chi connectivity index (χ1) is 9.92. The summed E-state index contributed by atoms with van der Waals surface area (Å²) in [6, 6.07) is 3.20. The molecule has 21 heavy (non-hydrogen) atoms. The third-order valence-corrected chi connectivity index (χ3v) is 3.06. The van der Waals surface area contributed by atoms with E-state index in [1.807, 2.05) is 13.8 Å². The van der Waals surface area contributed by atoms with Crippen LogP contribution in [0.2, 0.25) is 0 Å². The van der Waals surface area contributed by atoms with Gasteiger partial charge in [-0.1, -0.05) is 13.8 Å². The molecular weight excluding hydrogens is 274 g/mol. The Hall–Kier alpha value is -2.70. The maximum Gasteiger partial charge on any atom is 0.325 e. The average Bonchev–Trinajstić information content (AvgIpc) is 2.42. The fourth-order valence-electron chi connectivity index (χ4n) is 1.98. The number of aromatic hydroxyl groups is 1. The minimum Gasteiger partial charge on any atom is -0.504 e. The molecule has 0 unspecified atom stereocenters. The molecule has 7 heteroatoms. The Kier molecular flexibility index (Phi) is 4.02. The largest absolute Gasteiger partial charge is 0.504 e. The Balaban J connectivity index is 2.51. The first-order valence-electron chi connectivity index (χ1n) is 6.42. The van der Waals surface area contributed by atoms with Crippen LogP contribution < -0.4 is 21.3 Å². The molecule has 0 fully saturated rings. The van der Waals surface area contributed by atoms with Crippen molar-refractivity contribution in [3.63, 3.8) is 0 Å². The molecule has 4 N–H and O–H groups in total. The van der Waals surface area contributed by atoms with Crippen LogP contribution in [0.5, 0.6) is 11.5 Å². The Bertz CT molecular complexity index is 762. The number of hydrogen-bond donors (Lipinski definition) is 4. The van der Waals surface area contributed by atoms with E-state index in [4.69, 9.17) is 4.74 Å². The molecule has 0 radical (unpaired) electrons. The zero-order valence-corrected chi connectivity index (χ0v) is 12.0. The van der Waals surface area contributed by atoms with Crippen LogP contribution in [0, 0.1) is 0 Å². The lowest BCUT2D eigenvalue weighted by Crippen LogP contribution is -2.23. The van der Waals surface area contributed by atoms with Crippen molar-refractivity contribution in [2.24, 2.45) is 0 Å². The number of aromatic nitrogens is 2. The predicted octanol–water partition coefficient (Wildman–Crippen LogP) is 1.64. The van der Waals surface area contributed by atoms with Crippen molar-refractivity contribution in [3.8, 4) is 11.5 Å². The monoisotopic (exact) mass is 291 g/mol. The van der Waals surface area contributed by atoms with Gasteiger partial charge >= 0.3 is 5.69 Å². The van der Waals surface area contributed by atoms with Crippen LogP contribution in [0.1, 0.15) is 25.3 Å². The van der Waals surface area contributed by atoms with Gasteiger partial charge in [-0.05, 0) is 17.5 Å². The van der Waals surface area contributed by atoms with Gasteiger partial charge in [-0.3, -0.25) is 9.78 Å². The molecule has 0 aliphatic rings. The number of rotatable bonds is 4. The molecule has 112 valence electrons. The topological polar surface area (TPSA) is 107 Å². The number of aromatic amines is 2. The van der Waals surface area contributed by atoms with Crippen molar-refractivity contribution < 1.29 is 9.84 Å². The zero-order chi connectivity index (χ0) is 15.6. The summed E-state index contributed by atoms with van der Waals surface area (Å²) < 4.78 is 5.07. The summed E-state index contributed by atoms with van der Waals surface area (Å²) in [4.78, 5) is 27.3. The summed E-state index contributed by atoms with van der Waals surface area (Å²) in [6.07, 6.45) is 1.30. The summed E-state index contributed by atoms with van der Waals surface area (Å²) in [5, 5.41) is 12.8. The standard InChI is InChI=1S/C14H17N3O4/c1-7(2)8-4-11(18)12(21-3)5-9(8)16-10-6-15-14(20)17-13(10)19/h4-7,16,18H,1-3H3,(H2,15,17,19,20). The number of phenols is 1. The Morgan fingerprint density at radius 1 is 1.24 bits per heavy atom. The van der Waals surface area contributed by atoms with Gasteiger partial charge < -0.3 is 20.1 Å². The Labute approximate surface area is 120 Å². The quantitative estimate of drug-likeness (QED) is 0.641. The second-order valence-electron chi connectivity index (χ2n) is 4.88. The van der Waals surface area contributed by atoms with E-state index in [2.05, 4.69) is 15.3 Å². The first-order valence-corrected chi connectivity index (χ1v) is 6.42. The molecule has 0 saturated heterocycles. The fourth-order valence-corrected chi connectivity index (χ4v) is 1.98. The van der Waals surface area contributed by atoms with Crippen molar-refractivity contribution in [3.05, 3.63) is 44.7 Å². The molecule has 0 aliphatic heterocycles. The van der Waals surface area contributed by atoms with Gasteiger partial charge in [-0.15, -0.1) is 0 Å². The highest BCUT2D eigenvalue weighted by Gasteiger charge is 2.14. The number of anilines is 2. The lowest BCUT2D eigenvalue weighted by atomic mass is 10.00. The lowest BCUT2D eigenvalue weighted by Gasteiger charge is -2.16. The molecule has 2 aromatic rings. The summed E-state index contributed by atoms with van der Waals surface area (Å²) in [5.41, 5.74) is 0.541. The SMILES string of the molecule is COc1cc(Nc2c[nH]c(=O)[nH]c2=O)c(C(C)C)cc1O. The highest BCUT2D eigenvalue weighted by Crippen LogP contribution is 2.36. The summed E-state index contributed by atoms with van der Waals surface area (Å²) >= 11 is 0. The molecule has 0 atom stereocenters. The third kappa shape index (κ3) is 3.07. The highest BCUT2D eigenvalue weighted by atomic mass is 16.5. The minimum absolute atomic E-state index is 0.0297. The van der Waals surface area contributed by atoms with Crippen LogP contribution in [0.15, 0.2) is 27.9 Å². The fraction of sp³-hybridized carbons (Fsp3) is 0.286. The molecule has 0 saturated carbocycles. The van der Waals surface area contributed by atoms with Crippen molar-refractivity contribution >= 4 is 11.4 Å². The minimum atomic E-state index is -0.571. The van der Waals surface area contributed by atoms with Gasteiger partial charge in [0, 0.05) is 18.0 Å². The van der Waals surface area contributed by atoms with Crippen molar-refractivity contribution in [1.82, 2.24) is 9.97 Å². The Morgan fingerprint density at radius 3 is 2.52 bits per heavy atom. The summed E-state index contributed by atoms with van der Waals surface area (Å²) in [7, 11) is 1.45. The molecule has 0 bridgehead atoms. The molecule has 1 aromatic carbocycles. The highest BCUT2D eigenvalue weighted by molar-refractivity contribution is 5.67. The van der Waals surface area contributed by atoms with Gasteiger partial charge in [-0.25, -0.2) is 4.79 Å². The number of nitrogens with one attached hydrogen (secondary N) is 3. The van der Waals surface area contributed by atoms with Gasteiger partial charge in [-0.2, -0.15) is 0 Å². The molecule has 7 nitrogen and oxygen atoms in total. The second-order valence-corrected chi connectivity index (χ2v) is 4.88. The van der Waals surface area contributed by atoms with Crippen LogP contribution in [0.4, 0.5) is 11.4 Å². The molecule has 2 rings (SSSR count). The number of ether oxygens (including phenoxy) is 1. The number of benzene rings is 1. The average molecular weight is 291 g/mol. The number of methoxy groups -OCH3 is 1. The summed E-state index contributed by atoms with van der Waals surface area (Å²) in [5.74, 6) is 0.441. The third-order valence-electron chi connectivity index (χ3n) is 3.06.